The first kappa shape index (κ1) is 21.9. The first-order valence-corrected chi connectivity index (χ1v) is 9.68. The van der Waals surface area contributed by atoms with E-state index in [1.54, 1.807) is 0 Å². The van der Waals surface area contributed by atoms with Crippen LogP contribution in [0.4, 0.5) is 0 Å². The molecule has 0 spiro atoms. The Balaban J connectivity index is 2.54. The van der Waals surface area contributed by atoms with Gasteiger partial charge in [-0.15, -0.1) is 0 Å². The van der Waals surface area contributed by atoms with Crippen molar-refractivity contribution in [2.45, 2.75) is 96.6 Å². The van der Waals surface area contributed by atoms with Crippen LogP contribution in [-0.4, -0.2) is 45.2 Å². The van der Waals surface area contributed by atoms with Gasteiger partial charge in [0.25, 0.3) is 0 Å². The SMILES string of the molecule is CN1C(C)(C)CCC(C(CCCCCCCC(=O)O)C(=O)O)C1(C)C. The second kappa shape index (κ2) is 9.02. The maximum absolute atomic E-state index is 11.9. The molecule has 5 nitrogen and oxygen atoms in total. The summed E-state index contributed by atoms with van der Waals surface area (Å²) in [6.07, 6.45) is 7.44. The number of nitrogens with zero attached hydrogens (tertiary/aromatic N) is 1. The second-order valence-corrected chi connectivity index (χ2v) is 8.82. The summed E-state index contributed by atoms with van der Waals surface area (Å²) in [6.45, 7) is 8.83. The fourth-order valence-electron chi connectivity index (χ4n) is 4.42. The molecule has 5 heteroatoms. The van der Waals surface area contributed by atoms with Crippen molar-refractivity contribution in [1.82, 2.24) is 4.90 Å². The van der Waals surface area contributed by atoms with Crippen LogP contribution in [0, 0.1) is 11.8 Å². The van der Waals surface area contributed by atoms with E-state index in [1.807, 2.05) is 0 Å². The zero-order valence-electron chi connectivity index (χ0n) is 16.7. The van der Waals surface area contributed by atoms with E-state index in [4.69, 9.17) is 5.11 Å². The van der Waals surface area contributed by atoms with Gasteiger partial charge in [-0.25, -0.2) is 0 Å². The lowest BCUT2D eigenvalue weighted by Gasteiger charge is -2.56. The number of carbonyl (C=O) groups is 2. The van der Waals surface area contributed by atoms with E-state index in [0.717, 1.165) is 44.9 Å². The summed E-state index contributed by atoms with van der Waals surface area (Å²) in [5.41, 5.74) is -0.0283. The van der Waals surface area contributed by atoms with Gasteiger partial charge in [-0.05, 0) is 66.3 Å². The summed E-state index contributed by atoms with van der Waals surface area (Å²) in [5, 5.41) is 18.4. The molecule has 1 rings (SSSR count). The van der Waals surface area contributed by atoms with Crippen molar-refractivity contribution in [3.05, 3.63) is 0 Å². The van der Waals surface area contributed by atoms with Crippen LogP contribution in [0.25, 0.3) is 0 Å². The van der Waals surface area contributed by atoms with Crippen molar-refractivity contribution in [3.8, 4) is 0 Å². The molecule has 1 fully saturated rings. The van der Waals surface area contributed by atoms with Gasteiger partial charge in [0.05, 0.1) is 5.92 Å². The third-order valence-electron chi connectivity index (χ3n) is 6.46. The summed E-state index contributed by atoms with van der Waals surface area (Å²) in [6, 6.07) is 0. The first-order valence-electron chi connectivity index (χ1n) is 9.68. The van der Waals surface area contributed by atoms with Crippen LogP contribution in [0.2, 0.25) is 0 Å². The van der Waals surface area contributed by atoms with Crippen LogP contribution in [-0.2, 0) is 9.59 Å². The van der Waals surface area contributed by atoms with Crippen molar-refractivity contribution < 1.29 is 19.8 Å². The summed E-state index contributed by atoms with van der Waals surface area (Å²) < 4.78 is 0. The van der Waals surface area contributed by atoms with Crippen LogP contribution in [0.1, 0.15) is 85.5 Å². The molecule has 1 saturated heterocycles. The highest BCUT2D eigenvalue weighted by atomic mass is 16.4. The summed E-state index contributed by atoms with van der Waals surface area (Å²) in [5.74, 6) is -1.54. The second-order valence-electron chi connectivity index (χ2n) is 8.82. The summed E-state index contributed by atoms with van der Waals surface area (Å²) in [4.78, 5) is 24.8. The molecule has 1 aliphatic rings. The van der Waals surface area contributed by atoms with E-state index in [-0.39, 0.29) is 29.3 Å². The molecule has 0 radical (unpaired) electrons. The highest BCUT2D eigenvalue weighted by molar-refractivity contribution is 5.70. The number of hydrogen-bond donors (Lipinski definition) is 2. The van der Waals surface area contributed by atoms with Gasteiger partial charge in [-0.2, -0.15) is 0 Å². The highest BCUT2D eigenvalue weighted by Gasteiger charge is 2.49. The molecule has 0 aromatic rings. The van der Waals surface area contributed by atoms with Crippen molar-refractivity contribution in [3.63, 3.8) is 0 Å². The molecule has 2 atom stereocenters. The maximum Gasteiger partial charge on any atom is 0.306 e. The maximum atomic E-state index is 11.9. The molecular formula is C20H37NO4. The molecule has 0 bridgehead atoms. The molecule has 2 unspecified atom stereocenters. The number of aliphatic carboxylic acids is 2. The zero-order valence-corrected chi connectivity index (χ0v) is 16.7. The van der Waals surface area contributed by atoms with Gasteiger partial charge >= 0.3 is 11.9 Å². The van der Waals surface area contributed by atoms with Gasteiger partial charge in [0, 0.05) is 17.5 Å². The summed E-state index contributed by atoms with van der Waals surface area (Å²) in [7, 11) is 2.12. The molecule has 0 aliphatic carbocycles. The molecule has 2 N–H and O–H groups in total. The Labute approximate surface area is 152 Å². The van der Waals surface area contributed by atoms with Gasteiger partial charge in [0.1, 0.15) is 0 Å². The van der Waals surface area contributed by atoms with Gasteiger partial charge < -0.3 is 10.2 Å². The van der Waals surface area contributed by atoms with Crippen LogP contribution in [0.15, 0.2) is 0 Å². The van der Waals surface area contributed by atoms with Gasteiger partial charge in [0.2, 0.25) is 0 Å². The number of rotatable bonds is 10. The van der Waals surface area contributed by atoms with E-state index in [2.05, 4.69) is 39.6 Å². The minimum Gasteiger partial charge on any atom is -0.481 e. The molecule has 1 heterocycles. The minimum atomic E-state index is -0.738. The number of carboxylic acid groups (broad SMARTS) is 2. The van der Waals surface area contributed by atoms with E-state index in [1.165, 1.54) is 0 Å². The van der Waals surface area contributed by atoms with Crippen molar-refractivity contribution in [1.29, 1.82) is 0 Å². The topological polar surface area (TPSA) is 77.8 Å². The monoisotopic (exact) mass is 355 g/mol. The molecule has 1 aliphatic heterocycles. The smallest absolute Gasteiger partial charge is 0.306 e. The Morgan fingerprint density at radius 1 is 1.04 bits per heavy atom. The third kappa shape index (κ3) is 5.98. The lowest BCUT2D eigenvalue weighted by molar-refractivity contribution is -0.150. The Morgan fingerprint density at radius 3 is 2.16 bits per heavy atom. The zero-order chi connectivity index (χ0) is 19.3. The standard InChI is InChI=1S/C20H37NO4/c1-19(2)14-13-16(20(3,4)21(19)5)15(18(24)25)11-9-7-6-8-10-12-17(22)23/h15-16H,6-14H2,1-5H3,(H,22,23)(H,24,25). The molecule has 25 heavy (non-hydrogen) atoms. The predicted molar refractivity (Wildman–Crippen MR) is 99.7 cm³/mol. The normalized spacial score (nSPS) is 24.0. The lowest BCUT2D eigenvalue weighted by atomic mass is 9.66. The van der Waals surface area contributed by atoms with Crippen LogP contribution < -0.4 is 0 Å². The molecule has 0 saturated carbocycles. The predicted octanol–water partition coefficient (Wildman–Crippen LogP) is 4.40. The van der Waals surface area contributed by atoms with Crippen molar-refractivity contribution in [2.75, 3.05) is 7.05 Å². The average molecular weight is 356 g/mol. The minimum absolute atomic E-state index is 0.104. The molecule has 0 aromatic carbocycles. The average Bonchev–Trinajstić information content (AvgIpc) is 2.49. The highest BCUT2D eigenvalue weighted by Crippen LogP contribution is 2.45. The quantitative estimate of drug-likeness (QED) is 0.568. The van der Waals surface area contributed by atoms with Gasteiger partial charge in [-0.3, -0.25) is 14.5 Å². The Kier molecular flexibility index (Phi) is 7.91. The Hall–Kier alpha value is -1.10. The van der Waals surface area contributed by atoms with Gasteiger partial charge in [0.15, 0.2) is 0 Å². The number of piperidine rings is 1. The Bertz CT molecular complexity index is 459. The Morgan fingerprint density at radius 2 is 1.60 bits per heavy atom. The molecular weight excluding hydrogens is 318 g/mol. The molecule has 0 aromatic heterocycles. The van der Waals surface area contributed by atoms with E-state index in [9.17, 15) is 14.7 Å². The van der Waals surface area contributed by atoms with Crippen LogP contribution in [0.5, 0.6) is 0 Å². The third-order valence-corrected chi connectivity index (χ3v) is 6.46. The van der Waals surface area contributed by atoms with Crippen molar-refractivity contribution >= 4 is 11.9 Å². The van der Waals surface area contributed by atoms with Crippen LogP contribution >= 0.6 is 0 Å². The molecule has 0 amide bonds. The largest absolute Gasteiger partial charge is 0.481 e. The van der Waals surface area contributed by atoms with E-state index >= 15 is 0 Å². The molecule has 146 valence electrons. The number of likely N-dealkylation sites (tertiary alicyclic amines) is 1. The first-order chi connectivity index (χ1) is 11.5. The van der Waals surface area contributed by atoms with Gasteiger partial charge in [-0.1, -0.05) is 25.7 Å². The summed E-state index contributed by atoms with van der Waals surface area (Å²) >= 11 is 0. The number of carboxylic acids is 2. The fourth-order valence-corrected chi connectivity index (χ4v) is 4.42. The van der Waals surface area contributed by atoms with Crippen LogP contribution in [0.3, 0.4) is 0 Å². The fraction of sp³-hybridized carbons (Fsp3) is 0.900. The van der Waals surface area contributed by atoms with E-state index < -0.39 is 11.9 Å². The van der Waals surface area contributed by atoms with Crippen molar-refractivity contribution in [2.24, 2.45) is 11.8 Å². The number of unbranched alkanes of at least 4 members (excludes halogenated alkanes) is 4. The number of hydrogen-bond acceptors (Lipinski definition) is 3. The van der Waals surface area contributed by atoms with E-state index in [0.29, 0.717) is 6.42 Å². The lowest BCUT2D eigenvalue weighted by Crippen LogP contribution is -2.62.